The molecule has 0 aromatic heterocycles. The first-order chi connectivity index (χ1) is 8.78. The van der Waals surface area contributed by atoms with Crippen molar-refractivity contribution < 1.29 is 19.0 Å². The van der Waals surface area contributed by atoms with Crippen LogP contribution in [-0.4, -0.2) is 31.0 Å². The van der Waals surface area contributed by atoms with E-state index in [9.17, 15) is 4.39 Å². The van der Waals surface area contributed by atoms with Crippen molar-refractivity contribution in [1.29, 1.82) is 0 Å². The highest BCUT2D eigenvalue weighted by Crippen LogP contribution is 2.13. The molecule has 1 aromatic rings. The first kappa shape index (κ1) is 13.0. The summed E-state index contributed by atoms with van der Waals surface area (Å²) in [4.78, 5) is 0. The van der Waals surface area contributed by atoms with Gasteiger partial charge in [-0.1, -0.05) is 11.8 Å². The van der Waals surface area contributed by atoms with Gasteiger partial charge in [0.1, 0.15) is 11.9 Å². The van der Waals surface area contributed by atoms with Gasteiger partial charge in [0.25, 0.3) is 0 Å². The van der Waals surface area contributed by atoms with E-state index in [1.807, 2.05) is 0 Å². The molecule has 2 rings (SSSR count). The molecule has 18 heavy (non-hydrogen) atoms. The molecule has 1 fully saturated rings. The van der Waals surface area contributed by atoms with Gasteiger partial charge in [-0.2, -0.15) is 0 Å². The molecular weight excluding hydrogens is 235 g/mol. The monoisotopic (exact) mass is 250 g/mol. The number of hydrogen-bond donors (Lipinski definition) is 1. The van der Waals surface area contributed by atoms with Crippen LogP contribution in [0.25, 0.3) is 0 Å². The summed E-state index contributed by atoms with van der Waals surface area (Å²) in [7, 11) is 0. The van der Waals surface area contributed by atoms with E-state index in [1.165, 1.54) is 12.1 Å². The van der Waals surface area contributed by atoms with Gasteiger partial charge in [-0.15, -0.1) is 0 Å². The summed E-state index contributed by atoms with van der Waals surface area (Å²) in [6.07, 6.45) is 0.513. The lowest BCUT2D eigenvalue weighted by molar-refractivity contribution is -0.135. The predicted octanol–water partition coefficient (Wildman–Crippen LogP) is 1.47. The van der Waals surface area contributed by atoms with E-state index in [0.717, 1.165) is 5.56 Å². The molecule has 1 saturated heterocycles. The number of halogens is 1. The van der Waals surface area contributed by atoms with Crippen LogP contribution in [-0.2, 0) is 16.1 Å². The van der Waals surface area contributed by atoms with Gasteiger partial charge in [0.2, 0.25) is 0 Å². The maximum absolute atomic E-state index is 13.4. The van der Waals surface area contributed by atoms with E-state index in [-0.39, 0.29) is 18.5 Å². The molecule has 4 heteroatoms. The zero-order valence-electron chi connectivity index (χ0n) is 9.99. The van der Waals surface area contributed by atoms with Crippen molar-refractivity contribution in [2.45, 2.75) is 19.1 Å². The fourth-order valence-corrected chi connectivity index (χ4v) is 1.55. The molecule has 0 atom stereocenters. The summed E-state index contributed by atoms with van der Waals surface area (Å²) in [5.41, 5.74) is 1.36. The lowest BCUT2D eigenvalue weighted by Crippen LogP contribution is -2.35. The van der Waals surface area contributed by atoms with Gasteiger partial charge >= 0.3 is 0 Å². The number of ether oxygens (including phenoxy) is 2. The summed E-state index contributed by atoms with van der Waals surface area (Å²) < 4.78 is 23.9. The van der Waals surface area contributed by atoms with Crippen LogP contribution < -0.4 is 0 Å². The minimum absolute atomic E-state index is 0.0139. The second-order valence-corrected chi connectivity index (χ2v) is 4.09. The summed E-state index contributed by atoms with van der Waals surface area (Å²) in [5.74, 6) is 5.25. The van der Waals surface area contributed by atoms with Crippen molar-refractivity contribution in [3.05, 3.63) is 35.1 Å². The molecule has 1 aliphatic heterocycles. The molecule has 0 saturated carbocycles. The highest BCUT2D eigenvalue weighted by molar-refractivity contribution is 5.37. The molecule has 0 spiro atoms. The molecule has 1 heterocycles. The molecular formula is C14H15FO3. The number of aliphatic hydroxyl groups excluding tert-OH is 1. The molecule has 0 radical (unpaired) electrons. The molecule has 96 valence electrons. The topological polar surface area (TPSA) is 38.7 Å². The smallest absolute Gasteiger partial charge is 0.124 e. The van der Waals surface area contributed by atoms with Crippen molar-refractivity contribution in [3.63, 3.8) is 0 Å². The minimum Gasteiger partial charge on any atom is -0.395 e. The number of hydrogen-bond acceptors (Lipinski definition) is 3. The van der Waals surface area contributed by atoms with Crippen LogP contribution in [0.4, 0.5) is 4.39 Å². The fraction of sp³-hybridized carbons (Fsp3) is 0.429. The third-order valence-corrected chi connectivity index (χ3v) is 2.52. The van der Waals surface area contributed by atoms with Crippen LogP contribution >= 0.6 is 0 Å². The Morgan fingerprint density at radius 3 is 2.89 bits per heavy atom. The van der Waals surface area contributed by atoms with Crippen molar-refractivity contribution in [1.82, 2.24) is 0 Å². The molecule has 0 aliphatic carbocycles. The minimum atomic E-state index is -0.325. The fourth-order valence-electron chi connectivity index (χ4n) is 1.55. The first-order valence-corrected chi connectivity index (χ1v) is 5.86. The molecule has 0 unspecified atom stereocenters. The maximum atomic E-state index is 13.4. The maximum Gasteiger partial charge on any atom is 0.124 e. The Kier molecular flexibility index (Phi) is 4.71. The largest absolute Gasteiger partial charge is 0.395 e. The van der Waals surface area contributed by atoms with Gasteiger partial charge in [-0.25, -0.2) is 4.39 Å². The van der Waals surface area contributed by atoms with Crippen LogP contribution in [0.1, 0.15) is 17.5 Å². The lowest BCUT2D eigenvalue weighted by Gasteiger charge is -2.25. The highest BCUT2D eigenvalue weighted by Gasteiger charge is 2.18. The van der Waals surface area contributed by atoms with Crippen LogP contribution in [0, 0.1) is 17.7 Å². The third-order valence-electron chi connectivity index (χ3n) is 2.52. The van der Waals surface area contributed by atoms with E-state index < -0.39 is 0 Å². The van der Waals surface area contributed by atoms with Gasteiger partial charge < -0.3 is 14.6 Å². The summed E-state index contributed by atoms with van der Waals surface area (Å²) >= 11 is 0. The van der Waals surface area contributed by atoms with Crippen molar-refractivity contribution in [3.8, 4) is 11.8 Å². The Hall–Kier alpha value is -1.41. The Bertz CT molecular complexity index is 458. The van der Waals surface area contributed by atoms with Crippen molar-refractivity contribution in [2.75, 3.05) is 19.8 Å². The quantitative estimate of drug-likeness (QED) is 0.823. The predicted molar refractivity (Wildman–Crippen MR) is 64.4 cm³/mol. The van der Waals surface area contributed by atoms with Gasteiger partial charge in [0.15, 0.2) is 0 Å². The standard InChI is InChI=1S/C14H15FO3/c15-13-6-11(3-1-2-4-16)5-12(7-13)8-18-14-9-17-10-14/h5-7,14,16H,2,4,8-10H2. The Balaban J connectivity index is 1.99. The third kappa shape index (κ3) is 3.81. The number of benzene rings is 1. The van der Waals surface area contributed by atoms with Gasteiger partial charge in [-0.05, 0) is 23.8 Å². The Morgan fingerprint density at radius 1 is 1.39 bits per heavy atom. The van der Waals surface area contributed by atoms with Gasteiger partial charge in [0.05, 0.1) is 26.4 Å². The van der Waals surface area contributed by atoms with E-state index in [1.54, 1.807) is 6.07 Å². The zero-order valence-corrected chi connectivity index (χ0v) is 9.99. The van der Waals surface area contributed by atoms with Crippen LogP contribution in [0.15, 0.2) is 18.2 Å². The van der Waals surface area contributed by atoms with Crippen molar-refractivity contribution in [2.24, 2.45) is 0 Å². The summed E-state index contributed by atoms with van der Waals surface area (Å²) in [6, 6.07) is 4.62. The molecule has 1 aromatic carbocycles. The van der Waals surface area contributed by atoms with Crippen LogP contribution in [0.3, 0.4) is 0 Å². The van der Waals surface area contributed by atoms with Crippen LogP contribution in [0.5, 0.6) is 0 Å². The normalized spacial score (nSPS) is 14.8. The summed E-state index contributed by atoms with van der Waals surface area (Å²) in [5, 5.41) is 8.62. The number of rotatable bonds is 4. The average Bonchev–Trinajstić information content (AvgIpc) is 2.26. The number of aliphatic hydroxyl groups is 1. The molecule has 3 nitrogen and oxygen atoms in total. The molecule has 1 aliphatic rings. The Labute approximate surface area is 106 Å². The van der Waals surface area contributed by atoms with Crippen LogP contribution in [0.2, 0.25) is 0 Å². The van der Waals surface area contributed by atoms with Crippen molar-refractivity contribution >= 4 is 0 Å². The Morgan fingerprint density at radius 2 is 2.22 bits per heavy atom. The molecule has 0 amide bonds. The van der Waals surface area contributed by atoms with Gasteiger partial charge in [-0.3, -0.25) is 0 Å². The van der Waals surface area contributed by atoms with E-state index in [0.29, 0.717) is 31.8 Å². The molecule has 0 bridgehead atoms. The summed E-state index contributed by atoms with van der Waals surface area (Å²) in [6.45, 7) is 1.59. The van der Waals surface area contributed by atoms with E-state index >= 15 is 0 Å². The molecule has 1 N–H and O–H groups in total. The lowest BCUT2D eigenvalue weighted by atomic mass is 10.1. The van der Waals surface area contributed by atoms with Gasteiger partial charge in [0, 0.05) is 12.0 Å². The second-order valence-electron chi connectivity index (χ2n) is 4.09. The highest BCUT2D eigenvalue weighted by atomic mass is 19.1. The second kappa shape index (κ2) is 6.50. The SMILES string of the molecule is OCCC#Cc1cc(F)cc(COC2COC2)c1. The van der Waals surface area contributed by atoms with E-state index in [2.05, 4.69) is 11.8 Å². The van der Waals surface area contributed by atoms with E-state index in [4.69, 9.17) is 14.6 Å². The first-order valence-electron chi connectivity index (χ1n) is 5.86. The average molecular weight is 250 g/mol. The zero-order chi connectivity index (χ0) is 12.8.